The molecule has 0 unspecified atom stereocenters. The van der Waals surface area contributed by atoms with Gasteiger partial charge in [0.1, 0.15) is 23.9 Å². The number of ether oxygens (including phenoxy) is 5. The SMILES string of the molecule is CCCC(=O)O[C@@H]1C[C@H](OC(C)=O)[C@]2(C)[C@H](OC(C)=O)CC/C(C)=C\[C@@H]3OC(=O)[C@]4(C)O[C@]34[C@H](O)[C@H]2[C@@]1(C)O. The molecule has 11 heteroatoms. The van der Waals surface area contributed by atoms with Crippen LogP contribution >= 0.6 is 0 Å². The zero-order valence-electron chi connectivity index (χ0n) is 23.6. The number of hydrogen-bond acceptors (Lipinski definition) is 11. The van der Waals surface area contributed by atoms with E-state index in [1.54, 1.807) is 13.0 Å². The summed E-state index contributed by atoms with van der Waals surface area (Å²) < 4.78 is 29.0. The Morgan fingerprint density at radius 1 is 1.05 bits per heavy atom. The first kappa shape index (κ1) is 29.5. The number of aliphatic hydroxyl groups excluding tert-OH is 1. The molecule has 11 nitrogen and oxygen atoms in total. The zero-order valence-corrected chi connectivity index (χ0v) is 23.6. The van der Waals surface area contributed by atoms with E-state index in [-0.39, 0.29) is 19.3 Å². The lowest BCUT2D eigenvalue weighted by Gasteiger charge is -2.59. The number of epoxide rings is 1. The number of allylic oxidation sites excluding steroid dienone is 1. The van der Waals surface area contributed by atoms with Crippen molar-refractivity contribution < 1.29 is 53.1 Å². The summed E-state index contributed by atoms with van der Waals surface area (Å²) in [4.78, 5) is 50.2. The highest BCUT2D eigenvalue weighted by Gasteiger charge is 2.87. The molecule has 1 spiro atoms. The van der Waals surface area contributed by atoms with Gasteiger partial charge < -0.3 is 33.9 Å². The van der Waals surface area contributed by atoms with E-state index in [0.29, 0.717) is 12.8 Å². The van der Waals surface area contributed by atoms with Crippen molar-refractivity contribution in [3.63, 3.8) is 0 Å². The predicted molar refractivity (Wildman–Crippen MR) is 134 cm³/mol. The van der Waals surface area contributed by atoms with Gasteiger partial charge in [-0.2, -0.15) is 0 Å². The van der Waals surface area contributed by atoms with Crippen LogP contribution in [-0.4, -0.2) is 81.4 Å². The highest BCUT2D eigenvalue weighted by atomic mass is 16.7. The van der Waals surface area contributed by atoms with Crippen molar-refractivity contribution in [1.82, 2.24) is 0 Å². The lowest BCUT2D eigenvalue weighted by atomic mass is 9.51. The van der Waals surface area contributed by atoms with Gasteiger partial charge in [0.05, 0.1) is 11.5 Å². The van der Waals surface area contributed by atoms with Crippen LogP contribution in [0.5, 0.6) is 0 Å². The molecule has 0 radical (unpaired) electrons. The Kier molecular flexibility index (Phi) is 7.45. The van der Waals surface area contributed by atoms with Crippen LogP contribution in [0.25, 0.3) is 0 Å². The van der Waals surface area contributed by atoms with Crippen LogP contribution in [0.4, 0.5) is 0 Å². The molecule has 4 rings (SSSR count). The van der Waals surface area contributed by atoms with Crippen molar-refractivity contribution in [2.24, 2.45) is 11.3 Å². The van der Waals surface area contributed by atoms with E-state index < -0.39 is 82.5 Å². The third-order valence-electron chi connectivity index (χ3n) is 9.23. The molecule has 39 heavy (non-hydrogen) atoms. The lowest BCUT2D eigenvalue weighted by Crippen LogP contribution is -2.72. The minimum Gasteiger partial charge on any atom is -0.462 e. The average molecular weight is 553 g/mol. The Balaban J connectivity index is 1.94. The molecule has 2 aliphatic carbocycles. The molecule has 4 aliphatic rings. The molecule has 2 heterocycles. The monoisotopic (exact) mass is 552 g/mol. The van der Waals surface area contributed by atoms with E-state index in [9.17, 15) is 29.4 Å². The molecule has 0 aromatic rings. The van der Waals surface area contributed by atoms with Gasteiger partial charge in [-0.15, -0.1) is 0 Å². The Bertz CT molecular complexity index is 1080. The Hall–Kier alpha value is -2.50. The molecule has 1 saturated carbocycles. The molecule has 2 N–H and O–H groups in total. The van der Waals surface area contributed by atoms with Gasteiger partial charge in [-0.25, -0.2) is 4.79 Å². The van der Waals surface area contributed by atoms with Crippen LogP contribution in [0.3, 0.4) is 0 Å². The summed E-state index contributed by atoms with van der Waals surface area (Å²) in [6.45, 7) is 10.8. The van der Waals surface area contributed by atoms with Crippen LogP contribution < -0.4 is 0 Å². The normalized spacial score (nSPS) is 46.3. The van der Waals surface area contributed by atoms with Gasteiger partial charge in [0, 0.05) is 32.6 Å². The van der Waals surface area contributed by atoms with Crippen molar-refractivity contribution in [3.05, 3.63) is 11.6 Å². The molecule has 0 aromatic heterocycles. The quantitative estimate of drug-likeness (QED) is 0.222. The molecule has 2 saturated heterocycles. The number of rotatable bonds is 5. The number of carbonyl (C=O) groups excluding carboxylic acids is 4. The molecular formula is C28H40O11. The Morgan fingerprint density at radius 3 is 2.23 bits per heavy atom. The molecule has 0 amide bonds. The van der Waals surface area contributed by atoms with Gasteiger partial charge in [0.15, 0.2) is 17.3 Å². The van der Waals surface area contributed by atoms with Crippen LogP contribution in [0.1, 0.15) is 80.6 Å². The van der Waals surface area contributed by atoms with E-state index in [1.807, 2.05) is 13.8 Å². The van der Waals surface area contributed by atoms with Gasteiger partial charge in [-0.05, 0) is 46.1 Å². The van der Waals surface area contributed by atoms with Crippen LogP contribution in [-0.2, 0) is 42.9 Å². The molecule has 0 aromatic carbocycles. The Morgan fingerprint density at radius 2 is 1.67 bits per heavy atom. The topological polar surface area (TPSA) is 158 Å². The van der Waals surface area contributed by atoms with Crippen molar-refractivity contribution >= 4 is 23.9 Å². The number of esters is 4. The summed E-state index contributed by atoms with van der Waals surface area (Å²) in [6, 6.07) is 0. The smallest absolute Gasteiger partial charge is 0.342 e. The van der Waals surface area contributed by atoms with Gasteiger partial charge >= 0.3 is 23.9 Å². The minimum absolute atomic E-state index is 0.0989. The van der Waals surface area contributed by atoms with Gasteiger partial charge in [0.2, 0.25) is 0 Å². The summed E-state index contributed by atoms with van der Waals surface area (Å²) in [7, 11) is 0. The average Bonchev–Trinajstić information content (AvgIpc) is 3.40. The number of hydrogen-bond donors (Lipinski definition) is 2. The van der Waals surface area contributed by atoms with E-state index in [1.165, 1.54) is 27.7 Å². The van der Waals surface area contributed by atoms with Gasteiger partial charge in [-0.1, -0.05) is 19.4 Å². The lowest BCUT2D eigenvalue weighted by molar-refractivity contribution is -0.274. The summed E-state index contributed by atoms with van der Waals surface area (Å²) in [5.74, 6) is -3.69. The van der Waals surface area contributed by atoms with Gasteiger partial charge in [-0.3, -0.25) is 14.4 Å². The van der Waals surface area contributed by atoms with Crippen LogP contribution in [0, 0.1) is 11.3 Å². The first-order valence-corrected chi connectivity index (χ1v) is 13.6. The molecule has 3 fully saturated rings. The highest BCUT2D eigenvalue weighted by molar-refractivity contribution is 5.89. The largest absolute Gasteiger partial charge is 0.462 e. The number of fused-ring (bicyclic) bond motifs is 1. The van der Waals surface area contributed by atoms with E-state index in [4.69, 9.17) is 23.7 Å². The van der Waals surface area contributed by atoms with Crippen molar-refractivity contribution in [2.75, 3.05) is 0 Å². The van der Waals surface area contributed by atoms with Crippen molar-refractivity contribution in [3.8, 4) is 0 Å². The van der Waals surface area contributed by atoms with Gasteiger partial charge in [0.25, 0.3) is 0 Å². The maximum Gasteiger partial charge on any atom is 0.342 e. The first-order valence-electron chi connectivity index (χ1n) is 13.6. The van der Waals surface area contributed by atoms with Crippen molar-refractivity contribution in [1.29, 1.82) is 0 Å². The fraction of sp³-hybridized carbons (Fsp3) is 0.786. The second-order valence-electron chi connectivity index (χ2n) is 12.0. The number of carbonyl (C=O) groups is 4. The summed E-state index contributed by atoms with van der Waals surface area (Å²) >= 11 is 0. The molecular weight excluding hydrogens is 512 g/mol. The molecule has 0 bridgehead atoms. The second-order valence-corrected chi connectivity index (χ2v) is 12.0. The van der Waals surface area contributed by atoms with E-state index in [2.05, 4.69) is 0 Å². The van der Waals surface area contributed by atoms with E-state index in [0.717, 1.165) is 5.57 Å². The Labute approximate surface area is 228 Å². The summed E-state index contributed by atoms with van der Waals surface area (Å²) in [5, 5.41) is 24.5. The summed E-state index contributed by atoms with van der Waals surface area (Å²) in [5.41, 5.74) is -5.58. The maximum absolute atomic E-state index is 12.9. The second kappa shape index (κ2) is 9.85. The predicted octanol–water partition coefficient (Wildman–Crippen LogP) is 1.89. The zero-order chi connectivity index (χ0) is 29.1. The van der Waals surface area contributed by atoms with E-state index >= 15 is 0 Å². The maximum atomic E-state index is 12.9. The standard InChI is InChI=1S/C28H40O11/c1-8-9-21(31)37-19-13-18(36-16(4)30)25(5)17(35-15(3)29)11-10-14(2)12-20-28(23(32)22(25)26(19,6)34)27(7,39-28)24(33)38-20/h12,17-20,22-23,32,34H,8-11,13H2,1-7H3/b14-12-/t17-,18+,19-,20+,22-,23-,25+,26+,27+,28+/m1/s1. The molecule has 2 aliphatic heterocycles. The minimum atomic E-state index is -1.93. The fourth-order valence-corrected chi connectivity index (χ4v) is 7.22. The first-order chi connectivity index (χ1) is 18.0. The number of aliphatic hydroxyl groups is 2. The highest BCUT2D eigenvalue weighted by Crippen LogP contribution is 2.65. The molecule has 10 atom stereocenters. The van der Waals surface area contributed by atoms with Crippen molar-refractivity contribution in [2.45, 2.75) is 128 Å². The van der Waals surface area contributed by atoms with Crippen LogP contribution in [0.2, 0.25) is 0 Å². The third kappa shape index (κ3) is 4.46. The third-order valence-corrected chi connectivity index (χ3v) is 9.23. The fourth-order valence-electron chi connectivity index (χ4n) is 7.22. The van der Waals surface area contributed by atoms with Crippen LogP contribution in [0.15, 0.2) is 11.6 Å². The molecule has 218 valence electrons. The summed E-state index contributed by atoms with van der Waals surface area (Å²) in [6.07, 6.45) is -2.79.